The van der Waals surface area contributed by atoms with E-state index < -0.39 is 0 Å². The Bertz CT molecular complexity index is 906. The highest BCUT2D eigenvalue weighted by Gasteiger charge is 2.05. The lowest BCUT2D eigenvalue weighted by Gasteiger charge is -2.09. The van der Waals surface area contributed by atoms with Gasteiger partial charge < -0.3 is 9.47 Å². The van der Waals surface area contributed by atoms with E-state index in [-0.39, 0.29) is 12.5 Å². The van der Waals surface area contributed by atoms with Gasteiger partial charge >= 0.3 is 0 Å². The van der Waals surface area contributed by atoms with Crippen molar-refractivity contribution in [3.05, 3.63) is 84.4 Å². The second-order valence-electron chi connectivity index (χ2n) is 5.72. The molecule has 136 valence electrons. The molecule has 5 nitrogen and oxygen atoms in total. The van der Waals surface area contributed by atoms with Gasteiger partial charge in [-0.05, 0) is 28.8 Å². The Labute approximate surface area is 158 Å². The van der Waals surface area contributed by atoms with Gasteiger partial charge in [-0.15, -0.1) is 0 Å². The van der Waals surface area contributed by atoms with Crippen LogP contribution in [-0.4, -0.2) is 25.8 Å². The summed E-state index contributed by atoms with van der Waals surface area (Å²) < 4.78 is 10.6. The molecule has 0 saturated carbocycles. The molecule has 0 aliphatic heterocycles. The third-order valence-electron chi connectivity index (χ3n) is 3.85. The fourth-order valence-electron chi connectivity index (χ4n) is 2.48. The van der Waals surface area contributed by atoms with Gasteiger partial charge in [-0.2, -0.15) is 5.10 Å². The molecule has 27 heavy (non-hydrogen) atoms. The molecule has 0 aromatic heterocycles. The van der Waals surface area contributed by atoms with Crippen molar-refractivity contribution in [3.8, 4) is 22.6 Å². The Balaban J connectivity index is 1.50. The minimum Gasteiger partial charge on any atom is -0.493 e. The van der Waals surface area contributed by atoms with Crippen molar-refractivity contribution in [2.24, 2.45) is 5.10 Å². The summed E-state index contributed by atoms with van der Waals surface area (Å²) in [5, 5.41) is 3.96. The number of methoxy groups -OCH3 is 1. The molecule has 5 heteroatoms. The maximum absolute atomic E-state index is 11.9. The van der Waals surface area contributed by atoms with Crippen LogP contribution in [0.25, 0.3) is 11.1 Å². The van der Waals surface area contributed by atoms with Gasteiger partial charge in [0.1, 0.15) is 0 Å². The number of para-hydroxylation sites is 2. The summed E-state index contributed by atoms with van der Waals surface area (Å²) in [6.45, 7) is -0.148. The number of nitrogens with zero attached hydrogens (tertiary/aromatic N) is 1. The largest absolute Gasteiger partial charge is 0.493 e. The second kappa shape index (κ2) is 9.20. The second-order valence-corrected chi connectivity index (χ2v) is 5.72. The first-order valence-corrected chi connectivity index (χ1v) is 8.49. The Morgan fingerprint density at radius 3 is 2.22 bits per heavy atom. The molecule has 0 spiro atoms. The van der Waals surface area contributed by atoms with E-state index in [4.69, 9.17) is 9.47 Å². The minimum absolute atomic E-state index is 0.148. The first kappa shape index (κ1) is 18.2. The fraction of sp³-hybridized carbons (Fsp3) is 0.0909. The van der Waals surface area contributed by atoms with Crippen LogP contribution < -0.4 is 14.9 Å². The van der Waals surface area contributed by atoms with Crippen LogP contribution in [0, 0.1) is 0 Å². The van der Waals surface area contributed by atoms with E-state index >= 15 is 0 Å². The molecule has 0 radical (unpaired) electrons. The number of carbonyl (C=O) groups excluding carboxylic acids is 1. The molecular weight excluding hydrogens is 340 g/mol. The van der Waals surface area contributed by atoms with Crippen LogP contribution in [0.5, 0.6) is 11.5 Å². The average Bonchev–Trinajstić information content (AvgIpc) is 2.73. The Morgan fingerprint density at radius 2 is 1.52 bits per heavy atom. The molecule has 3 aromatic rings. The first-order valence-electron chi connectivity index (χ1n) is 8.49. The molecule has 0 aliphatic rings. The number of hydrogen-bond donors (Lipinski definition) is 1. The highest BCUT2D eigenvalue weighted by atomic mass is 16.5. The van der Waals surface area contributed by atoms with Gasteiger partial charge in [0.2, 0.25) is 0 Å². The number of ether oxygens (including phenoxy) is 2. The predicted molar refractivity (Wildman–Crippen MR) is 106 cm³/mol. The molecule has 1 N–H and O–H groups in total. The number of carbonyl (C=O) groups is 1. The monoisotopic (exact) mass is 360 g/mol. The third kappa shape index (κ3) is 5.19. The van der Waals surface area contributed by atoms with Crippen molar-refractivity contribution in [1.29, 1.82) is 0 Å². The van der Waals surface area contributed by atoms with Gasteiger partial charge in [-0.25, -0.2) is 5.43 Å². The standard InChI is InChI=1S/C22H20N2O3/c1-26-20-9-5-6-10-21(20)27-16-22(25)24-23-15-17-11-13-19(14-12-17)18-7-3-2-4-8-18/h2-15H,16H2,1H3,(H,24,25). The van der Waals surface area contributed by atoms with Gasteiger partial charge in [0.05, 0.1) is 13.3 Å². The zero-order chi connectivity index (χ0) is 18.9. The van der Waals surface area contributed by atoms with E-state index in [2.05, 4.69) is 22.7 Å². The summed E-state index contributed by atoms with van der Waals surface area (Å²) in [4.78, 5) is 11.9. The van der Waals surface area contributed by atoms with Gasteiger partial charge in [-0.1, -0.05) is 66.7 Å². The Kier molecular flexibility index (Phi) is 6.20. The molecule has 0 saturated heterocycles. The van der Waals surface area contributed by atoms with Crippen LogP contribution in [0.15, 0.2) is 84.0 Å². The summed E-state index contributed by atoms with van der Waals surface area (Å²) in [6, 6.07) is 25.2. The molecule has 0 bridgehead atoms. The highest BCUT2D eigenvalue weighted by Crippen LogP contribution is 2.25. The van der Waals surface area contributed by atoms with Gasteiger partial charge in [-0.3, -0.25) is 4.79 Å². The maximum atomic E-state index is 11.9. The highest BCUT2D eigenvalue weighted by molar-refractivity contribution is 5.83. The Morgan fingerprint density at radius 1 is 0.889 bits per heavy atom. The van der Waals surface area contributed by atoms with Gasteiger partial charge in [0.25, 0.3) is 5.91 Å². The summed E-state index contributed by atoms with van der Waals surface area (Å²) in [7, 11) is 1.55. The molecule has 0 fully saturated rings. The van der Waals surface area contributed by atoms with E-state index in [1.54, 1.807) is 25.5 Å². The van der Waals surface area contributed by atoms with Crippen LogP contribution in [0.4, 0.5) is 0 Å². The number of rotatable bonds is 7. The van der Waals surface area contributed by atoms with Crippen molar-refractivity contribution < 1.29 is 14.3 Å². The SMILES string of the molecule is COc1ccccc1OCC(=O)NN=Cc1ccc(-c2ccccc2)cc1. The van der Waals surface area contributed by atoms with Crippen molar-refractivity contribution in [2.45, 2.75) is 0 Å². The summed E-state index contributed by atoms with van der Waals surface area (Å²) in [6.07, 6.45) is 1.59. The lowest BCUT2D eigenvalue weighted by atomic mass is 10.0. The summed E-state index contributed by atoms with van der Waals surface area (Å²) in [5.41, 5.74) is 5.62. The lowest BCUT2D eigenvalue weighted by Crippen LogP contribution is -2.24. The topological polar surface area (TPSA) is 59.9 Å². The van der Waals surface area contributed by atoms with Gasteiger partial charge in [0.15, 0.2) is 18.1 Å². The van der Waals surface area contributed by atoms with E-state index in [1.807, 2.05) is 54.6 Å². The first-order chi connectivity index (χ1) is 13.3. The molecule has 3 rings (SSSR count). The molecule has 0 heterocycles. The number of benzene rings is 3. The van der Waals surface area contributed by atoms with Crippen LogP contribution in [-0.2, 0) is 4.79 Å². The quantitative estimate of drug-likeness (QED) is 0.514. The fourth-order valence-corrected chi connectivity index (χ4v) is 2.48. The van der Waals surface area contributed by atoms with E-state index in [1.165, 1.54) is 0 Å². The van der Waals surface area contributed by atoms with E-state index in [0.717, 1.165) is 16.7 Å². The van der Waals surface area contributed by atoms with Crippen molar-refractivity contribution >= 4 is 12.1 Å². The van der Waals surface area contributed by atoms with E-state index in [9.17, 15) is 4.79 Å². The number of hydrazone groups is 1. The minimum atomic E-state index is -0.349. The van der Waals surface area contributed by atoms with Crippen molar-refractivity contribution in [1.82, 2.24) is 5.43 Å². The van der Waals surface area contributed by atoms with Crippen LogP contribution in [0.3, 0.4) is 0 Å². The van der Waals surface area contributed by atoms with Gasteiger partial charge in [0, 0.05) is 0 Å². The van der Waals surface area contributed by atoms with E-state index in [0.29, 0.717) is 11.5 Å². The third-order valence-corrected chi connectivity index (χ3v) is 3.85. The van der Waals surface area contributed by atoms with Crippen LogP contribution in [0.1, 0.15) is 5.56 Å². The Hall–Kier alpha value is -3.60. The summed E-state index contributed by atoms with van der Waals surface area (Å²) >= 11 is 0. The number of amides is 1. The smallest absolute Gasteiger partial charge is 0.277 e. The zero-order valence-corrected chi connectivity index (χ0v) is 15.0. The molecule has 0 aliphatic carbocycles. The lowest BCUT2D eigenvalue weighted by molar-refractivity contribution is -0.123. The van der Waals surface area contributed by atoms with Crippen LogP contribution >= 0.6 is 0 Å². The van der Waals surface area contributed by atoms with Crippen molar-refractivity contribution in [2.75, 3.05) is 13.7 Å². The van der Waals surface area contributed by atoms with Crippen molar-refractivity contribution in [3.63, 3.8) is 0 Å². The maximum Gasteiger partial charge on any atom is 0.277 e. The molecular formula is C22H20N2O3. The van der Waals surface area contributed by atoms with Crippen LogP contribution in [0.2, 0.25) is 0 Å². The number of nitrogens with one attached hydrogen (secondary N) is 1. The molecule has 0 unspecified atom stereocenters. The predicted octanol–water partition coefficient (Wildman–Crippen LogP) is 3.89. The average molecular weight is 360 g/mol. The normalized spacial score (nSPS) is 10.6. The molecule has 1 amide bonds. The molecule has 3 aromatic carbocycles. The number of hydrogen-bond acceptors (Lipinski definition) is 4. The molecule has 0 atom stereocenters. The summed E-state index contributed by atoms with van der Waals surface area (Å²) in [5.74, 6) is 0.737. The zero-order valence-electron chi connectivity index (χ0n) is 15.0.